The van der Waals surface area contributed by atoms with Crippen molar-refractivity contribution >= 4 is 31.5 Å². The lowest BCUT2D eigenvalue weighted by atomic mass is 9.90. The minimum atomic E-state index is 0.953. The third-order valence-corrected chi connectivity index (χ3v) is 10.5. The Labute approximate surface area is 290 Å². The average Bonchev–Trinajstić information content (AvgIpc) is 3.57. The molecule has 49 heavy (non-hydrogen) atoms. The maximum absolute atomic E-state index is 5.23. The van der Waals surface area contributed by atoms with Gasteiger partial charge in [0, 0.05) is 31.3 Å². The quantitative estimate of drug-likeness (QED) is 0.176. The second-order valence-electron chi connectivity index (χ2n) is 12.4. The molecule has 9 rings (SSSR count). The summed E-state index contributed by atoms with van der Waals surface area (Å²) < 4.78 is 2.66. The average molecular weight is 642 g/mol. The van der Waals surface area contributed by atoms with Crippen LogP contribution in [0.1, 0.15) is 0 Å². The van der Waals surface area contributed by atoms with Crippen LogP contribution in [0, 0.1) is 0 Å². The summed E-state index contributed by atoms with van der Waals surface area (Å²) in [5.41, 5.74) is 13.6. The highest BCUT2D eigenvalue weighted by atomic mass is 32.1. The molecule has 0 atom stereocenters. The number of hydrogen-bond donors (Lipinski definition) is 0. The minimum absolute atomic E-state index is 0.953. The normalized spacial score (nSPS) is 11.3. The molecule has 0 radical (unpaired) electrons. The highest BCUT2D eigenvalue weighted by molar-refractivity contribution is 7.25. The molecule has 0 saturated heterocycles. The second-order valence-corrected chi connectivity index (χ2v) is 13.5. The lowest BCUT2D eigenvalue weighted by Gasteiger charge is -2.15. The van der Waals surface area contributed by atoms with Gasteiger partial charge in [0.05, 0.1) is 11.4 Å². The van der Waals surface area contributed by atoms with Crippen LogP contribution in [-0.2, 0) is 0 Å². The summed E-state index contributed by atoms with van der Waals surface area (Å²) in [4.78, 5) is 5.23. The van der Waals surface area contributed by atoms with Crippen LogP contribution in [0.25, 0.3) is 87.2 Å². The molecule has 0 spiro atoms. The first-order valence-corrected chi connectivity index (χ1v) is 17.4. The third kappa shape index (κ3) is 5.63. The first kappa shape index (κ1) is 29.1. The van der Waals surface area contributed by atoms with Crippen LogP contribution in [0.4, 0.5) is 0 Å². The summed E-state index contributed by atoms with van der Waals surface area (Å²) in [5, 5.41) is 2.65. The standard InChI is InChI=1S/C47H31NS/c1-4-12-32(13-5-1)39-30-44(36-16-8-3-9-17-36)48-45(31-39)38-24-26-40(34-14-6-2-7-15-34)42(29-38)35-22-20-33(21-23-35)37-25-27-47-43(28-37)41-18-10-11-19-46(41)49-47/h1-31H. The molecule has 0 aliphatic carbocycles. The van der Waals surface area contributed by atoms with Crippen molar-refractivity contribution in [3.63, 3.8) is 0 Å². The van der Waals surface area contributed by atoms with Gasteiger partial charge in [0.2, 0.25) is 0 Å². The summed E-state index contributed by atoms with van der Waals surface area (Å²) in [6.07, 6.45) is 0. The predicted molar refractivity (Wildman–Crippen MR) is 210 cm³/mol. The van der Waals surface area contributed by atoms with Crippen LogP contribution >= 0.6 is 11.3 Å². The Morgan fingerprint density at radius 3 is 1.53 bits per heavy atom. The SMILES string of the molecule is c1ccc(-c2cc(-c3ccccc3)nc(-c3ccc(-c4ccccc4)c(-c4ccc(-c5ccc6sc7ccccc7c6c5)cc4)c3)c2)cc1. The zero-order valence-electron chi connectivity index (χ0n) is 26.8. The lowest BCUT2D eigenvalue weighted by molar-refractivity contribution is 1.32. The van der Waals surface area contributed by atoms with Gasteiger partial charge in [-0.1, -0.05) is 152 Å². The molecule has 0 unspecified atom stereocenters. The van der Waals surface area contributed by atoms with Gasteiger partial charge in [-0.3, -0.25) is 0 Å². The maximum atomic E-state index is 5.23. The molecule has 0 aliphatic rings. The number of benzene rings is 7. The van der Waals surface area contributed by atoms with Gasteiger partial charge in [0.15, 0.2) is 0 Å². The fourth-order valence-electron chi connectivity index (χ4n) is 6.79. The van der Waals surface area contributed by atoms with E-state index in [2.05, 4.69) is 182 Å². The molecule has 0 amide bonds. The molecule has 0 bridgehead atoms. The molecule has 9 aromatic rings. The van der Waals surface area contributed by atoms with Gasteiger partial charge in [-0.05, 0) is 80.9 Å². The molecule has 0 N–H and O–H groups in total. The van der Waals surface area contributed by atoms with Crippen molar-refractivity contribution in [2.24, 2.45) is 0 Å². The smallest absolute Gasteiger partial charge is 0.0715 e. The van der Waals surface area contributed by atoms with E-state index in [1.807, 2.05) is 17.4 Å². The largest absolute Gasteiger partial charge is 0.248 e. The first-order valence-electron chi connectivity index (χ1n) is 16.6. The predicted octanol–water partition coefficient (Wildman–Crippen LogP) is 13.5. The van der Waals surface area contributed by atoms with E-state index in [1.165, 1.54) is 59.1 Å². The Bertz CT molecular complexity index is 2510. The number of nitrogens with zero attached hydrogens (tertiary/aromatic N) is 1. The monoisotopic (exact) mass is 641 g/mol. The van der Waals surface area contributed by atoms with Crippen LogP contribution in [0.3, 0.4) is 0 Å². The van der Waals surface area contributed by atoms with E-state index >= 15 is 0 Å². The van der Waals surface area contributed by atoms with Gasteiger partial charge < -0.3 is 0 Å². The number of thiophene rings is 1. The summed E-state index contributed by atoms with van der Waals surface area (Å²) in [7, 11) is 0. The minimum Gasteiger partial charge on any atom is -0.248 e. The zero-order valence-corrected chi connectivity index (χ0v) is 27.6. The van der Waals surface area contributed by atoms with Crippen LogP contribution in [0.5, 0.6) is 0 Å². The van der Waals surface area contributed by atoms with Gasteiger partial charge in [0.1, 0.15) is 0 Å². The second kappa shape index (κ2) is 12.5. The van der Waals surface area contributed by atoms with Crippen LogP contribution in [0.15, 0.2) is 188 Å². The summed E-state index contributed by atoms with van der Waals surface area (Å²) >= 11 is 1.86. The number of pyridine rings is 1. The first-order chi connectivity index (χ1) is 24.3. The Morgan fingerprint density at radius 1 is 0.286 bits per heavy atom. The van der Waals surface area contributed by atoms with Gasteiger partial charge in [-0.15, -0.1) is 11.3 Å². The van der Waals surface area contributed by atoms with Crippen LogP contribution in [0.2, 0.25) is 0 Å². The van der Waals surface area contributed by atoms with E-state index in [0.29, 0.717) is 0 Å². The lowest BCUT2D eigenvalue weighted by Crippen LogP contribution is -1.93. The molecule has 0 saturated carbocycles. The Hall–Kier alpha value is -6.09. The van der Waals surface area contributed by atoms with Crippen LogP contribution in [-0.4, -0.2) is 4.98 Å². The van der Waals surface area contributed by atoms with Crippen molar-refractivity contribution in [3.8, 4) is 67.0 Å². The van der Waals surface area contributed by atoms with Crippen molar-refractivity contribution < 1.29 is 0 Å². The molecular formula is C47H31NS. The van der Waals surface area contributed by atoms with E-state index in [1.54, 1.807) is 0 Å². The Kier molecular flexibility index (Phi) is 7.42. The topological polar surface area (TPSA) is 12.9 Å². The fraction of sp³-hybridized carbons (Fsp3) is 0. The summed E-state index contributed by atoms with van der Waals surface area (Å²) in [6, 6.07) is 67.5. The van der Waals surface area contributed by atoms with Gasteiger partial charge >= 0.3 is 0 Å². The van der Waals surface area contributed by atoms with E-state index < -0.39 is 0 Å². The van der Waals surface area contributed by atoms with Gasteiger partial charge in [-0.2, -0.15) is 0 Å². The van der Waals surface area contributed by atoms with Crippen molar-refractivity contribution in [2.45, 2.75) is 0 Å². The molecule has 0 fully saturated rings. The van der Waals surface area contributed by atoms with Crippen molar-refractivity contribution in [1.29, 1.82) is 0 Å². The van der Waals surface area contributed by atoms with Gasteiger partial charge in [-0.25, -0.2) is 4.98 Å². The molecule has 230 valence electrons. The molecule has 1 nitrogen and oxygen atoms in total. The van der Waals surface area contributed by atoms with Crippen molar-refractivity contribution in [2.75, 3.05) is 0 Å². The molecule has 7 aromatic carbocycles. The van der Waals surface area contributed by atoms with E-state index in [-0.39, 0.29) is 0 Å². The third-order valence-electron chi connectivity index (χ3n) is 9.31. The Balaban J connectivity index is 1.16. The molecule has 0 aliphatic heterocycles. The highest BCUT2D eigenvalue weighted by Gasteiger charge is 2.14. The zero-order chi connectivity index (χ0) is 32.6. The molecule has 2 heteroatoms. The summed E-state index contributed by atoms with van der Waals surface area (Å²) in [5.74, 6) is 0. The number of hydrogen-bond acceptors (Lipinski definition) is 2. The maximum Gasteiger partial charge on any atom is 0.0715 e. The van der Waals surface area contributed by atoms with Crippen molar-refractivity contribution in [1.82, 2.24) is 4.98 Å². The molecular weight excluding hydrogens is 611 g/mol. The van der Waals surface area contributed by atoms with E-state index in [9.17, 15) is 0 Å². The number of rotatable bonds is 6. The number of fused-ring (bicyclic) bond motifs is 3. The highest BCUT2D eigenvalue weighted by Crippen LogP contribution is 2.39. The fourth-order valence-corrected chi connectivity index (χ4v) is 7.88. The van der Waals surface area contributed by atoms with Crippen LogP contribution < -0.4 is 0 Å². The Morgan fingerprint density at radius 2 is 0.796 bits per heavy atom. The van der Waals surface area contributed by atoms with E-state index in [0.717, 1.165) is 28.1 Å². The number of aromatic nitrogens is 1. The summed E-state index contributed by atoms with van der Waals surface area (Å²) in [6.45, 7) is 0. The van der Waals surface area contributed by atoms with Crippen molar-refractivity contribution in [3.05, 3.63) is 188 Å². The molecule has 2 heterocycles. The van der Waals surface area contributed by atoms with Gasteiger partial charge in [0.25, 0.3) is 0 Å². The molecule has 2 aromatic heterocycles. The van der Waals surface area contributed by atoms with E-state index in [4.69, 9.17) is 4.98 Å².